The molecule has 2 amide bonds. The number of nitro groups is 1. The van der Waals surface area contributed by atoms with Crippen LogP contribution in [0.25, 0.3) is 0 Å². The molecular formula is C24H23N5O6S. The highest BCUT2D eigenvalue weighted by molar-refractivity contribution is 7.80. The van der Waals surface area contributed by atoms with Crippen LogP contribution >= 0.6 is 12.2 Å². The van der Waals surface area contributed by atoms with Crippen LogP contribution in [-0.4, -0.2) is 48.2 Å². The van der Waals surface area contributed by atoms with E-state index in [1.807, 2.05) is 11.8 Å². The molecule has 0 spiro atoms. The van der Waals surface area contributed by atoms with Crippen molar-refractivity contribution in [1.82, 2.24) is 5.32 Å². The first-order valence-corrected chi connectivity index (χ1v) is 11.4. The summed E-state index contributed by atoms with van der Waals surface area (Å²) in [6.07, 6.45) is 1.41. The van der Waals surface area contributed by atoms with E-state index < -0.39 is 16.7 Å². The van der Waals surface area contributed by atoms with E-state index in [1.54, 1.807) is 36.4 Å². The molecule has 0 atom stereocenters. The number of anilines is 3. The standard InChI is InChI=1S/C24H23N5O6S/c1-15-4-6-17(25-23(31)21-3-2-10-35-21)14-18(15)26-24(36)27-22(30)16-5-7-19(20(13-16)29(32)33)28-8-11-34-12-9-28/h2-7,10,13-14H,8-9,11-12H2,1H3,(H,25,31)(H2,26,27,30,36). The smallest absolute Gasteiger partial charge is 0.293 e. The van der Waals surface area contributed by atoms with Gasteiger partial charge in [0.1, 0.15) is 5.69 Å². The largest absolute Gasteiger partial charge is 0.459 e. The number of nitro benzene ring substituents is 1. The van der Waals surface area contributed by atoms with Gasteiger partial charge in [-0.15, -0.1) is 0 Å². The third kappa shape index (κ3) is 5.85. The molecule has 4 rings (SSSR count). The lowest BCUT2D eigenvalue weighted by Crippen LogP contribution is -2.37. The van der Waals surface area contributed by atoms with Crippen molar-refractivity contribution < 1.29 is 23.7 Å². The second kappa shape index (κ2) is 11.0. The number of morpholine rings is 1. The third-order valence-electron chi connectivity index (χ3n) is 5.50. The molecule has 1 fully saturated rings. The van der Waals surface area contributed by atoms with Gasteiger partial charge >= 0.3 is 0 Å². The molecular weight excluding hydrogens is 486 g/mol. The monoisotopic (exact) mass is 509 g/mol. The highest BCUT2D eigenvalue weighted by Gasteiger charge is 2.23. The minimum atomic E-state index is -0.593. The first-order valence-electron chi connectivity index (χ1n) is 11.0. The van der Waals surface area contributed by atoms with Crippen LogP contribution in [0.15, 0.2) is 59.2 Å². The average molecular weight is 510 g/mol. The van der Waals surface area contributed by atoms with Gasteiger partial charge in [0.25, 0.3) is 17.5 Å². The zero-order chi connectivity index (χ0) is 25.7. The highest BCUT2D eigenvalue weighted by atomic mass is 32.1. The van der Waals surface area contributed by atoms with E-state index in [0.29, 0.717) is 43.4 Å². The van der Waals surface area contributed by atoms with Crippen LogP contribution in [-0.2, 0) is 4.74 Å². The minimum absolute atomic E-state index is 0.00230. The molecule has 0 saturated carbocycles. The van der Waals surface area contributed by atoms with Crippen LogP contribution < -0.4 is 20.9 Å². The van der Waals surface area contributed by atoms with Crippen molar-refractivity contribution in [3.63, 3.8) is 0 Å². The number of nitrogens with zero attached hydrogens (tertiary/aromatic N) is 2. The molecule has 12 heteroatoms. The molecule has 2 aromatic carbocycles. The molecule has 3 N–H and O–H groups in total. The average Bonchev–Trinajstić information content (AvgIpc) is 3.41. The van der Waals surface area contributed by atoms with Gasteiger partial charge in [-0.05, 0) is 61.1 Å². The number of hydrogen-bond acceptors (Lipinski definition) is 8. The molecule has 3 aromatic rings. The first kappa shape index (κ1) is 24.8. The predicted molar refractivity (Wildman–Crippen MR) is 138 cm³/mol. The number of benzene rings is 2. The molecule has 1 aliphatic heterocycles. The van der Waals surface area contributed by atoms with Crippen LogP contribution in [0, 0.1) is 17.0 Å². The number of nitrogens with one attached hydrogen (secondary N) is 3. The SMILES string of the molecule is Cc1ccc(NC(=O)c2ccco2)cc1NC(=S)NC(=O)c1ccc(N2CCOCC2)c([N+](=O)[O-])c1. The van der Waals surface area contributed by atoms with Crippen molar-refractivity contribution in [1.29, 1.82) is 0 Å². The number of carbonyl (C=O) groups is 2. The molecule has 1 aliphatic rings. The summed E-state index contributed by atoms with van der Waals surface area (Å²) >= 11 is 5.28. The van der Waals surface area contributed by atoms with Crippen molar-refractivity contribution in [3.8, 4) is 0 Å². The van der Waals surface area contributed by atoms with Crippen molar-refractivity contribution >= 4 is 51.9 Å². The van der Waals surface area contributed by atoms with Crippen LogP contribution in [0.5, 0.6) is 0 Å². The van der Waals surface area contributed by atoms with E-state index in [2.05, 4.69) is 16.0 Å². The Labute approximate surface area is 211 Å². The van der Waals surface area contributed by atoms with E-state index >= 15 is 0 Å². The topological polar surface area (TPSA) is 139 Å². The maximum atomic E-state index is 12.8. The summed E-state index contributed by atoms with van der Waals surface area (Å²) in [6, 6.07) is 12.6. The molecule has 0 aliphatic carbocycles. The van der Waals surface area contributed by atoms with Crippen molar-refractivity contribution in [3.05, 3.63) is 81.8 Å². The van der Waals surface area contributed by atoms with Crippen molar-refractivity contribution in [2.75, 3.05) is 41.8 Å². The minimum Gasteiger partial charge on any atom is -0.459 e. The Balaban J connectivity index is 1.43. The van der Waals surface area contributed by atoms with Crippen LogP contribution in [0.3, 0.4) is 0 Å². The molecule has 2 heterocycles. The number of amides is 2. The van der Waals surface area contributed by atoms with Crippen molar-refractivity contribution in [2.45, 2.75) is 6.92 Å². The number of furan rings is 1. The van der Waals surface area contributed by atoms with E-state index in [9.17, 15) is 19.7 Å². The number of hydrogen-bond donors (Lipinski definition) is 3. The summed E-state index contributed by atoms with van der Waals surface area (Å²) in [6.45, 7) is 3.85. The summed E-state index contributed by atoms with van der Waals surface area (Å²) in [5, 5.41) is 19.9. The number of thiocarbonyl (C=S) groups is 1. The molecule has 0 radical (unpaired) electrons. The van der Waals surface area contributed by atoms with E-state index in [4.69, 9.17) is 21.4 Å². The van der Waals surface area contributed by atoms with Crippen LogP contribution in [0.2, 0.25) is 0 Å². The summed E-state index contributed by atoms with van der Waals surface area (Å²) < 4.78 is 10.4. The van der Waals surface area contributed by atoms with Crippen LogP contribution in [0.4, 0.5) is 22.7 Å². The Morgan fingerprint density at radius 3 is 2.53 bits per heavy atom. The lowest BCUT2D eigenvalue weighted by molar-refractivity contribution is -0.384. The van der Waals surface area contributed by atoms with Crippen LogP contribution in [0.1, 0.15) is 26.5 Å². The molecule has 0 unspecified atom stereocenters. The second-order valence-corrected chi connectivity index (χ2v) is 8.34. The van der Waals surface area contributed by atoms with Gasteiger partial charge in [0.2, 0.25) is 0 Å². The Morgan fingerprint density at radius 2 is 1.83 bits per heavy atom. The third-order valence-corrected chi connectivity index (χ3v) is 5.71. The van der Waals surface area contributed by atoms with Gasteiger partial charge in [-0.3, -0.25) is 25.0 Å². The van der Waals surface area contributed by atoms with E-state index in [0.717, 1.165) is 5.56 Å². The number of aryl methyl sites for hydroxylation is 1. The predicted octanol–water partition coefficient (Wildman–Crippen LogP) is 3.71. The van der Waals surface area contributed by atoms with Gasteiger partial charge in [-0.1, -0.05) is 6.07 Å². The molecule has 1 aromatic heterocycles. The maximum Gasteiger partial charge on any atom is 0.293 e. The van der Waals surface area contributed by atoms with E-state index in [1.165, 1.54) is 18.4 Å². The zero-order valence-electron chi connectivity index (χ0n) is 19.3. The fourth-order valence-electron chi connectivity index (χ4n) is 3.65. The zero-order valence-corrected chi connectivity index (χ0v) is 20.1. The molecule has 186 valence electrons. The molecule has 1 saturated heterocycles. The van der Waals surface area contributed by atoms with Gasteiger partial charge in [0.05, 0.1) is 24.4 Å². The summed E-state index contributed by atoms with van der Waals surface area (Å²) in [7, 11) is 0. The molecule has 36 heavy (non-hydrogen) atoms. The summed E-state index contributed by atoms with van der Waals surface area (Å²) in [4.78, 5) is 38.0. The van der Waals surface area contributed by atoms with Gasteiger partial charge in [-0.25, -0.2) is 0 Å². The highest BCUT2D eigenvalue weighted by Crippen LogP contribution is 2.30. The fraction of sp³-hybridized carbons (Fsp3) is 0.208. The van der Waals surface area contributed by atoms with Gasteiger partial charge in [0.15, 0.2) is 10.9 Å². The number of ether oxygens (including phenoxy) is 1. The number of carbonyl (C=O) groups excluding carboxylic acids is 2. The summed E-state index contributed by atoms with van der Waals surface area (Å²) in [5.41, 5.74) is 2.23. The lowest BCUT2D eigenvalue weighted by Gasteiger charge is -2.28. The van der Waals surface area contributed by atoms with Crippen molar-refractivity contribution in [2.24, 2.45) is 0 Å². The fourth-order valence-corrected chi connectivity index (χ4v) is 3.85. The Hall–Kier alpha value is -4.29. The Bertz CT molecular complexity index is 1300. The Kier molecular flexibility index (Phi) is 7.56. The maximum absolute atomic E-state index is 12.8. The normalized spacial score (nSPS) is 13.1. The summed E-state index contributed by atoms with van der Waals surface area (Å²) in [5.74, 6) is -0.835. The number of rotatable bonds is 6. The lowest BCUT2D eigenvalue weighted by atomic mass is 10.1. The van der Waals surface area contributed by atoms with E-state index in [-0.39, 0.29) is 22.1 Å². The second-order valence-electron chi connectivity index (χ2n) is 7.93. The molecule has 0 bridgehead atoms. The van der Waals surface area contributed by atoms with Gasteiger partial charge in [0, 0.05) is 36.1 Å². The Morgan fingerprint density at radius 1 is 1.06 bits per heavy atom. The first-order chi connectivity index (χ1) is 17.3. The quantitative estimate of drug-likeness (QED) is 0.258. The van der Waals surface area contributed by atoms with Gasteiger partial charge < -0.3 is 24.7 Å². The van der Waals surface area contributed by atoms with Gasteiger partial charge in [-0.2, -0.15) is 0 Å². The molecule has 11 nitrogen and oxygen atoms in total.